The first-order valence-electron chi connectivity index (χ1n) is 10.2. The third-order valence-corrected chi connectivity index (χ3v) is 6.04. The summed E-state index contributed by atoms with van der Waals surface area (Å²) in [6, 6.07) is 5.22. The standard InChI is InChI=1S/C22H27Cl2N3O4/c1-12-10-26(11-13(2)30-12)22(29)16(5)31-21(28)9-18-14(3)25-27(15(18)4)17-6-7-19(23)20(24)8-17/h6-8,12-13,16H,9-11H2,1-5H3. The topological polar surface area (TPSA) is 73.7 Å². The Hall–Kier alpha value is -2.09. The van der Waals surface area contributed by atoms with Gasteiger partial charge in [0.2, 0.25) is 0 Å². The quantitative estimate of drug-likeness (QED) is 0.623. The molecule has 2 heterocycles. The summed E-state index contributed by atoms with van der Waals surface area (Å²) in [5.41, 5.74) is 3.00. The van der Waals surface area contributed by atoms with Gasteiger partial charge in [-0.25, -0.2) is 4.68 Å². The largest absolute Gasteiger partial charge is 0.452 e. The summed E-state index contributed by atoms with van der Waals surface area (Å²) in [4.78, 5) is 27.0. The molecular weight excluding hydrogens is 441 g/mol. The van der Waals surface area contributed by atoms with Crippen molar-refractivity contribution in [3.8, 4) is 5.69 Å². The minimum atomic E-state index is -0.865. The summed E-state index contributed by atoms with van der Waals surface area (Å²) in [6.45, 7) is 10.1. The van der Waals surface area contributed by atoms with E-state index < -0.39 is 12.1 Å². The third-order valence-electron chi connectivity index (χ3n) is 5.30. The fourth-order valence-corrected chi connectivity index (χ4v) is 4.14. The van der Waals surface area contributed by atoms with Gasteiger partial charge in [-0.05, 0) is 52.8 Å². The van der Waals surface area contributed by atoms with E-state index in [1.807, 2.05) is 27.7 Å². The van der Waals surface area contributed by atoms with Crippen molar-refractivity contribution < 1.29 is 19.1 Å². The minimum Gasteiger partial charge on any atom is -0.452 e. The van der Waals surface area contributed by atoms with Crippen LogP contribution in [0.1, 0.15) is 37.7 Å². The average Bonchev–Trinajstić information content (AvgIpc) is 2.96. The van der Waals surface area contributed by atoms with Crippen molar-refractivity contribution in [2.24, 2.45) is 0 Å². The molecule has 3 unspecified atom stereocenters. The highest BCUT2D eigenvalue weighted by molar-refractivity contribution is 6.42. The predicted octanol–water partition coefficient (Wildman–Crippen LogP) is 3.91. The highest BCUT2D eigenvalue weighted by Gasteiger charge is 2.30. The normalized spacial score (nSPS) is 19.9. The molecule has 1 aromatic heterocycles. The molecule has 0 spiro atoms. The third kappa shape index (κ3) is 5.40. The molecule has 1 fully saturated rings. The molecule has 7 nitrogen and oxygen atoms in total. The van der Waals surface area contributed by atoms with Gasteiger partial charge < -0.3 is 14.4 Å². The van der Waals surface area contributed by atoms with Crippen LogP contribution in [-0.4, -0.2) is 58.0 Å². The van der Waals surface area contributed by atoms with Gasteiger partial charge in [0.1, 0.15) is 0 Å². The molecule has 1 amide bonds. The number of carbonyl (C=O) groups excluding carboxylic acids is 2. The van der Waals surface area contributed by atoms with Crippen molar-refractivity contribution in [1.82, 2.24) is 14.7 Å². The average molecular weight is 468 g/mol. The lowest BCUT2D eigenvalue weighted by Gasteiger charge is -2.36. The molecule has 1 aliphatic heterocycles. The second-order valence-electron chi connectivity index (χ2n) is 7.97. The van der Waals surface area contributed by atoms with Crippen LogP contribution in [0, 0.1) is 13.8 Å². The summed E-state index contributed by atoms with van der Waals surface area (Å²) >= 11 is 12.1. The molecule has 31 heavy (non-hydrogen) atoms. The van der Waals surface area contributed by atoms with E-state index in [1.165, 1.54) is 0 Å². The number of morpholine rings is 1. The van der Waals surface area contributed by atoms with Crippen LogP contribution in [0.2, 0.25) is 10.0 Å². The van der Waals surface area contributed by atoms with E-state index in [2.05, 4.69) is 5.10 Å². The van der Waals surface area contributed by atoms with Gasteiger partial charge in [-0.15, -0.1) is 0 Å². The molecule has 0 N–H and O–H groups in total. The zero-order valence-corrected chi connectivity index (χ0v) is 19.8. The molecule has 0 aliphatic carbocycles. The number of hydrogen-bond acceptors (Lipinski definition) is 5. The lowest BCUT2D eigenvalue weighted by molar-refractivity contribution is -0.164. The number of carbonyl (C=O) groups is 2. The molecule has 3 rings (SSSR count). The first kappa shape index (κ1) is 23.6. The van der Waals surface area contributed by atoms with Crippen LogP contribution in [0.25, 0.3) is 5.69 Å². The Bertz CT molecular complexity index is 981. The molecule has 0 bridgehead atoms. The molecule has 3 atom stereocenters. The Kier molecular flexibility index (Phi) is 7.29. The van der Waals surface area contributed by atoms with Crippen molar-refractivity contribution in [2.45, 2.75) is 59.4 Å². The lowest BCUT2D eigenvalue weighted by atomic mass is 10.1. The van der Waals surface area contributed by atoms with Crippen LogP contribution in [0.5, 0.6) is 0 Å². The van der Waals surface area contributed by atoms with Crippen molar-refractivity contribution >= 4 is 35.1 Å². The van der Waals surface area contributed by atoms with Crippen molar-refractivity contribution in [3.05, 3.63) is 45.2 Å². The molecule has 9 heteroatoms. The number of halogens is 2. The van der Waals surface area contributed by atoms with E-state index >= 15 is 0 Å². The number of amides is 1. The maximum absolute atomic E-state index is 12.7. The number of aryl methyl sites for hydroxylation is 1. The second kappa shape index (κ2) is 9.59. The van der Waals surface area contributed by atoms with Crippen LogP contribution >= 0.6 is 23.2 Å². The van der Waals surface area contributed by atoms with E-state index in [4.69, 9.17) is 32.7 Å². The van der Waals surface area contributed by atoms with Crippen LogP contribution in [-0.2, 0) is 25.5 Å². The van der Waals surface area contributed by atoms with E-state index in [1.54, 1.807) is 34.7 Å². The second-order valence-corrected chi connectivity index (χ2v) is 8.78. The SMILES string of the molecule is Cc1nn(-c2ccc(Cl)c(Cl)c2)c(C)c1CC(=O)OC(C)C(=O)N1CC(C)OC(C)C1. The lowest BCUT2D eigenvalue weighted by Crippen LogP contribution is -2.51. The Balaban J connectivity index is 1.68. The van der Waals surface area contributed by atoms with E-state index in [-0.39, 0.29) is 24.5 Å². The summed E-state index contributed by atoms with van der Waals surface area (Å²) in [6.07, 6.45) is -0.941. The van der Waals surface area contributed by atoms with Gasteiger partial charge in [0, 0.05) is 24.3 Å². The van der Waals surface area contributed by atoms with Crippen LogP contribution in [0.15, 0.2) is 18.2 Å². The number of ether oxygens (including phenoxy) is 2. The molecule has 168 valence electrons. The van der Waals surface area contributed by atoms with Crippen LogP contribution in [0.4, 0.5) is 0 Å². The molecule has 1 aromatic carbocycles. The van der Waals surface area contributed by atoms with Crippen molar-refractivity contribution in [1.29, 1.82) is 0 Å². The molecule has 1 aliphatic rings. The summed E-state index contributed by atoms with van der Waals surface area (Å²) < 4.78 is 12.8. The van der Waals surface area contributed by atoms with Gasteiger partial charge in [-0.3, -0.25) is 9.59 Å². The fraction of sp³-hybridized carbons (Fsp3) is 0.500. The monoisotopic (exact) mass is 467 g/mol. The molecule has 0 radical (unpaired) electrons. The molecule has 2 aromatic rings. The van der Waals surface area contributed by atoms with E-state index in [0.29, 0.717) is 28.8 Å². The maximum atomic E-state index is 12.7. The predicted molar refractivity (Wildman–Crippen MR) is 119 cm³/mol. The molecule has 1 saturated heterocycles. The minimum absolute atomic E-state index is 0.0204. The Morgan fingerprint density at radius 2 is 1.84 bits per heavy atom. The summed E-state index contributed by atoms with van der Waals surface area (Å²) in [7, 11) is 0. The number of esters is 1. The zero-order valence-electron chi connectivity index (χ0n) is 18.3. The van der Waals surface area contributed by atoms with Gasteiger partial charge >= 0.3 is 5.97 Å². The highest BCUT2D eigenvalue weighted by atomic mass is 35.5. The Morgan fingerprint density at radius 1 is 1.19 bits per heavy atom. The van der Waals surface area contributed by atoms with Crippen LogP contribution < -0.4 is 0 Å². The summed E-state index contributed by atoms with van der Waals surface area (Å²) in [5, 5.41) is 5.41. The van der Waals surface area contributed by atoms with Gasteiger partial charge in [0.15, 0.2) is 6.10 Å². The fourth-order valence-electron chi connectivity index (χ4n) is 3.85. The molecule has 0 saturated carbocycles. The Labute approximate surface area is 192 Å². The first-order valence-corrected chi connectivity index (χ1v) is 11.0. The highest BCUT2D eigenvalue weighted by Crippen LogP contribution is 2.26. The number of rotatable bonds is 5. The number of hydrogen-bond donors (Lipinski definition) is 0. The number of benzene rings is 1. The van der Waals surface area contributed by atoms with Crippen LogP contribution in [0.3, 0.4) is 0 Å². The number of aromatic nitrogens is 2. The van der Waals surface area contributed by atoms with Crippen molar-refractivity contribution in [3.63, 3.8) is 0 Å². The first-order chi connectivity index (χ1) is 14.6. The van der Waals surface area contributed by atoms with Crippen molar-refractivity contribution in [2.75, 3.05) is 13.1 Å². The van der Waals surface area contributed by atoms with E-state index in [0.717, 1.165) is 16.9 Å². The van der Waals surface area contributed by atoms with Gasteiger partial charge in [0.05, 0.1) is 40.1 Å². The molecular formula is C22H27Cl2N3O4. The van der Waals surface area contributed by atoms with Gasteiger partial charge in [-0.1, -0.05) is 23.2 Å². The zero-order chi connectivity index (χ0) is 22.9. The smallest absolute Gasteiger partial charge is 0.311 e. The maximum Gasteiger partial charge on any atom is 0.311 e. The van der Waals surface area contributed by atoms with Gasteiger partial charge in [-0.2, -0.15) is 5.10 Å². The van der Waals surface area contributed by atoms with Gasteiger partial charge in [0.25, 0.3) is 5.91 Å². The summed E-state index contributed by atoms with van der Waals surface area (Å²) in [5.74, 6) is -0.689. The Morgan fingerprint density at radius 3 is 2.45 bits per heavy atom. The van der Waals surface area contributed by atoms with E-state index in [9.17, 15) is 9.59 Å². The number of nitrogens with zero attached hydrogens (tertiary/aromatic N) is 3.